The Morgan fingerprint density at radius 3 is 2.24 bits per heavy atom. The molecule has 3 N–H and O–H groups in total. The number of rotatable bonds is 3. The molecule has 0 aliphatic heterocycles. The number of halogens is 1. The first kappa shape index (κ1) is 15.3. The summed E-state index contributed by atoms with van der Waals surface area (Å²) in [6.45, 7) is 1.61. The topological polar surface area (TPSA) is 97.5 Å². The van der Waals surface area contributed by atoms with Crippen molar-refractivity contribution in [2.45, 2.75) is 12.8 Å². The smallest absolute Gasteiger partial charge is 0.315 e. The quantitative estimate of drug-likeness (QED) is 0.831. The molecule has 0 radical (unpaired) electrons. The second-order valence-corrected chi connectivity index (χ2v) is 5.50. The van der Waals surface area contributed by atoms with E-state index in [1.165, 1.54) is 6.08 Å². The summed E-state index contributed by atoms with van der Waals surface area (Å²) in [7, 11) is 0. The summed E-state index contributed by atoms with van der Waals surface area (Å²) in [4.78, 5) is 35.2. The number of aliphatic carboxylic acids is 1. The van der Waals surface area contributed by atoms with Crippen LogP contribution in [0, 0.1) is 11.8 Å². The zero-order valence-electron chi connectivity index (χ0n) is 11.2. The van der Waals surface area contributed by atoms with Crippen molar-refractivity contribution in [3.63, 3.8) is 0 Å². The lowest BCUT2D eigenvalue weighted by Crippen LogP contribution is -2.42. The Balaban J connectivity index is 2.60. The second-order valence-electron chi connectivity index (χ2n) is 5.06. The van der Waals surface area contributed by atoms with Gasteiger partial charge >= 0.3 is 5.97 Å². The van der Waals surface area contributed by atoms with Gasteiger partial charge in [-0.2, -0.15) is 0 Å². The van der Waals surface area contributed by atoms with Gasteiger partial charge in [-0.15, -0.1) is 0 Å². The van der Waals surface area contributed by atoms with Gasteiger partial charge in [0.2, 0.25) is 5.91 Å². The summed E-state index contributed by atoms with van der Waals surface area (Å²) in [6.07, 6.45) is 1.20. The van der Waals surface area contributed by atoms with E-state index in [2.05, 4.69) is 0 Å². The molecule has 1 aliphatic rings. The maximum Gasteiger partial charge on any atom is 0.315 e. The molecule has 0 fully saturated rings. The van der Waals surface area contributed by atoms with E-state index in [0.717, 1.165) is 0 Å². The van der Waals surface area contributed by atoms with Gasteiger partial charge in [-0.05, 0) is 30.7 Å². The van der Waals surface area contributed by atoms with Crippen LogP contribution in [0.2, 0.25) is 5.02 Å². The van der Waals surface area contributed by atoms with Crippen LogP contribution in [0.1, 0.15) is 18.4 Å². The van der Waals surface area contributed by atoms with Gasteiger partial charge in [0.25, 0.3) is 0 Å². The van der Waals surface area contributed by atoms with Crippen LogP contribution in [-0.4, -0.2) is 22.8 Å². The number of amides is 1. The SMILES string of the molecule is CC1=CC(=O)C(C(=O)O)C(c2ccc(Cl)cc2)C1C(N)=O. The highest BCUT2D eigenvalue weighted by molar-refractivity contribution is 6.30. The molecule has 1 aromatic rings. The van der Waals surface area contributed by atoms with Crippen LogP contribution in [0.15, 0.2) is 35.9 Å². The lowest BCUT2D eigenvalue weighted by atomic mass is 9.68. The van der Waals surface area contributed by atoms with Crippen molar-refractivity contribution < 1.29 is 19.5 Å². The second kappa shape index (κ2) is 5.69. The summed E-state index contributed by atoms with van der Waals surface area (Å²) in [6, 6.07) is 6.41. The molecule has 3 atom stereocenters. The van der Waals surface area contributed by atoms with Crippen LogP contribution >= 0.6 is 11.6 Å². The highest BCUT2D eigenvalue weighted by atomic mass is 35.5. The molecule has 0 bridgehead atoms. The maximum absolute atomic E-state index is 12.0. The Labute approximate surface area is 126 Å². The number of carbonyl (C=O) groups excluding carboxylic acids is 2. The van der Waals surface area contributed by atoms with Crippen LogP contribution in [-0.2, 0) is 14.4 Å². The van der Waals surface area contributed by atoms with Gasteiger partial charge in [-0.1, -0.05) is 29.3 Å². The van der Waals surface area contributed by atoms with Crippen LogP contribution in [0.5, 0.6) is 0 Å². The number of hydrogen-bond acceptors (Lipinski definition) is 3. The number of allylic oxidation sites excluding steroid dienone is 1. The van der Waals surface area contributed by atoms with Gasteiger partial charge in [0, 0.05) is 10.9 Å². The van der Waals surface area contributed by atoms with Gasteiger partial charge in [-0.25, -0.2) is 0 Å². The number of carbonyl (C=O) groups is 3. The third kappa shape index (κ3) is 2.83. The van der Waals surface area contributed by atoms with Crippen LogP contribution in [0.3, 0.4) is 0 Å². The number of nitrogens with two attached hydrogens (primary N) is 1. The fourth-order valence-electron chi connectivity index (χ4n) is 2.80. The first-order valence-electron chi connectivity index (χ1n) is 6.32. The number of carboxylic acid groups (broad SMARTS) is 1. The minimum Gasteiger partial charge on any atom is -0.481 e. The third-order valence-corrected chi connectivity index (χ3v) is 3.96. The van der Waals surface area contributed by atoms with E-state index in [9.17, 15) is 19.5 Å². The fourth-order valence-corrected chi connectivity index (χ4v) is 2.93. The molecule has 0 aromatic heterocycles. The van der Waals surface area contributed by atoms with Crippen molar-refractivity contribution in [3.8, 4) is 0 Å². The predicted molar refractivity (Wildman–Crippen MR) is 76.8 cm³/mol. The third-order valence-electron chi connectivity index (χ3n) is 3.71. The average molecular weight is 308 g/mol. The molecule has 2 rings (SSSR count). The molecule has 0 spiro atoms. The molecule has 6 heteroatoms. The monoisotopic (exact) mass is 307 g/mol. The van der Waals surface area contributed by atoms with E-state index >= 15 is 0 Å². The Morgan fingerprint density at radius 2 is 1.76 bits per heavy atom. The number of carboxylic acids is 1. The number of benzene rings is 1. The van der Waals surface area contributed by atoms with Crippen molar-refractivity contribution in [2.75, 3.05) is 0 Å². The minimum absolute atomic E-state index is 0.477. The van der Waals surface area contributed by atoms with Crippen LogP contribution in [0.25, 0.3) is 0 Å². The van der Waals surface area contributed by atoms with Gasteiger partial charge in [0.1, 0.15) is 5.92 Å². The summed E-state index contributed by atoms with van der Waals surface area (Å²) in [5.74, 6) is -5.43. The molecule has 5 nitrogen and oxygen atoms in total. The zero-order valence-corrected chi connectivity index (χ0v) is 12.0. The first-order chi connectivity index (χ1) is 9.82. The fraction of sp³-hybridized carbons (Fsp3) is 0.267. The highest BCUT2D eigenvalue weighted by Crippen LogP contribution is 2.41. The van der Waals surface area contributed by atoms with Crippen molar-refractivity contribution in [1.29, 1.82) is 0 Å². The molecule has 110 valence electrons. The van der Waals surface area contributed by atoms with E-state index in [0.29, 0.717) is 16.2 Å². The van der Waals surface area contributed by atoms with Crippen molar-refractivity contribution >= 4 is 29.3 Å². The predicted octanol–water partition coefficient (Wildman–Crippen LogP) is 1.75. The van der Waals surface area contributed by atoms with Crippen molar-refractivity contribution in [2.24, 2.45) is 17.6 Å². The molecule has 21 heavy (non-hydrogen) atoms. The maximum atomic E-state index is 12.0. The Hall–Kier alpha value is -2.14. The summed E-state index contributed by atoms with van der Waals surface area (Å²) in [5, 5.41) is 9.83. The summed E-state index contributed by atoms with van der Waals surface area (Å²) >= 11 is 5.82. The van der Waals surface area contributed by atoms with E-state index in [4.69, 9.17) is 17.3 Å². The molecular weight excluding hydrogens is 294 g/mol. The average Bonchev–Trinajstić information content (AvgIpc) is 2.37. The van der Waals surface area contributed by atoms with Crippen molar-refractivity contribution in [1.82, 2.24) is 0 Å². The molecule has 1 amide bonds. The molecule has 1 aliphatic carbocycles. The number of primary amides is 1. The zero-order chi connectivity index (χ0) is 15.7. The van der Waals surface area contributed by atoms with Gasteiger partial charge in [0.05, 0.1) is 5.92 Å². The van der Waals surface area contributed by atoms with E-state index < -0.39 is 35.4 Å². The Morgan fingerprint density at radius 1 is 1.19 bits per heavy atom. The lowest BCUT2D eigenvalue weighted by Gasteiger charge is -2.33. The Kier molecular flexibility index (Phi) is 4.14. The lowest BCUT2D eigenvalue weighted by molar-refractivity contribution is -0.147. The molecule has 0 heterocycles. The van der Waals surface area contributed by atoms with E-state index in [1.807, 2.05) is 0 Å². The molecular formula is C15H14ClNO4. The van der Waals surface area contributed by atoms with Gasteiger partial charge in [0.15, 0.2) is 5.78 Å². The highest BCUT2D eigenvalue weighted by Gasteiger charge is 2.45. The number of ketones is 1. The van der Waals surface area contributed by atoms with Gasteiger partial charge in [-0.3, -0.25) is 14.4 Å². The van der Waals surface area contributed by atoms with Gasteiger partial charge < -0.3 is 10.8 Å². The molecule has 3 unspecified atom stereocenters. The standard InChI is InChI=1S/C15H14ClNO4/c1-7-6-10(18)13(15(20)21)12(11(7)14(17)19)8-2-4-9(16)5-3-8/h2-6,11-13H,1H3,(H2,17,19)(H,20,21). The molecule has 1 aromatic carbocycles. The molecule has 0 saturated carbocycles. The summed E-state index contributed by atoms with van der Waals surface area (Å²) in [5.41, 5.74) is 6.44. The Bertz CT molecular complexity index is 636. The van der Waals surface area contributed by atoms with Crippen LogP contribution < -0.4 is 5.73 Å². The van der Waals surface area contributed by atoms with Crippen molar-refractivity contribution in [3.05, 3.63) is 46.5 Å². The first-order valence-corrected chi connectivity index (χ1v) is 6.70. The molecule has 0 saturated heterocycles. The minimum atomic E-state index is -1.33. The summed E-state index contributed by atoms with van der Waals surface area (Å²) < 4.78 is 0. The van der Waals surface area contributed by atoms with E-state index in [-0.39, 0.29) is 0 Å². The normalized spacial score (nSPS) is 25.3. The largest absolute Gasteiger partial charge is 0.481 e. The van der Waals surface area contributed by atoms with Crippen LogP contribution in [0.4, 0.5) is 0 Å². The van der Waals surface area contributed by atoms with E-state index in [1.54, 1.807) is 31.2 Å². The number of hydrogen-bond donors (Lipinski definition) is 2.